The molecule has 0 aliphatic rings. The third-order valence-corrected chi connectivity index (χ3v) is 3.88. The zero-order valence-electron chi connectivity index (χ0n) is 11.8. The molecule has 112 valence electrons. The van der Waals surface area contributed by atoms with Crippen LogP contribution in [0.5, 0.6) is 0 Å². The fourth-order valence-electron chi connectivity index (χ4n) is 1.72. The summed E-state index contributed by atoms with van der Waals surface area (Å²) >= 11 is 1.38. The van der Waals surface area contributed by atoms with Crippen molar-refractivity contribution in [3.63, 3.8) is 0 Å². The van der Waals surface area contributed by atoms with E-state index in [1.165, 1.54) is 11.3 Å². The molecule has 0 atom stereocenters. The van der Waals surface area contributed by atoms with E-state index in [1.54, 1.807) is 0 Å². The highest BCUT2D eigenvalue weighted by molar-refractivity contribution is 7.15. The topological polar surface area (TPSA) is 87.1 Å². The summed E-state index contributed by atoms with van der Waals surface area (Å²) in [6.45, 7) is 2.57. The number of hydrogen-bond acceptors (Lipinski definition) is 5. The summed E-state index contributed by atoms with van der Waals surface area (Å²) < 4.78 is 0. The van der Waals surface area contributed by atoms with E-state index in [4.69, 9.17) is 5.11 Å². The molecule has 0 bridgehead atoms. The highest BCUT2D eigenvalue weighted by Crippen LogP contribution is 2.14. The normalized spacial score (nSPS) is 10.4. The van der Waals surface area contributed by atoms with E-state index in [-0.39, 0.29) is 12.6 Å². The summed E-state index contributed by atoms with van der Waals surface area (Å²) in [5.74, 6) is 0. The summed E-state index contributed by atoms with van der Waals surface area (Å²) in [6, 6.07) is 7.37. The average Bonchev–Trinajstić information content (AvgIpc) is 2.95. The number of nitrogens with zero attached hydrogens (tertiary/aromatic N) is 2. The van der Waals surface area contributed by atoms with Gasteiger partial charge in [0.2, 0.25) is 5.13 Å². The Morgan fingerprint density at radius 2 is 1.95 bits per heavy atom. The third kappa shape index (κ3) is 4.80. The number of benzene rings is 1. The molecule has 2 rings (SSSR count). The first-order chi connectivity index (χ1) is 10.2. The number of hydrogen-bond donors (Lipinski definition) is 3. The molecular formula is C14H18N4O2S. The van der Waals surface area contributed by atoms with Crippen molar-refractivity contribution in [2.75, 3.05) is 11.9 Å². The van der Waals surface area contributed by atoms with E-state index in [0.717, 1.165) is 29.0 Å². The maximum absolute atomic E-state index is 11.7. The summed E-state index contributed by atoms with van der Waals surface area (Å²) in [6.07, 6.45) is 1.54. The van der Waals surface area contributed by atoms with E-state index in [0.29, 0.717) is 11.7 Å². The first-order valence-electron chi connectivity index (χ1n) is 6.77. The lowest BCUT2D eigenvalue weighted by molar-refractivity contribution is 0.252. The number of aliphatic hydroxyl groups is 1. The van der Waals surface area contributed by atoms with Crippen molar-refractivity contribution in [1.82, 2.24) is 15.5 Å². The van der Waals surface area contributed by atoms with Crippen LogP contribution >= 0.6 is 11.3 Å². The quantitative estimate of drug-likeness (QED) is 0.761. The molecule has 0 saturated carbocycles. The van der Waals surface area contributed by atoms with Crippen molar-refractivity contribution < 1.29 is 9.90 Å². The van der Waals surface area contributed by atoms with Gasteiger partial charge >= 0.3 is 6.03 Å². The van der Waals surface area contributed by atoms with Crippen molar-refractivity contribution in [3.05, 3.63) is 40.4 Å². The lowest BCUT2D eigenvalue weighted by Crippen LogP contribution is -2.30. The lowest BCUT2D eigenvalue weighted by atomic mass is 10.1. The second-order valence-corrected chi connectivity index (χ2v) is 5.52. The first-order valence-corrected chi connectivity index (χ1v) is 7.58. The molecule has 7 heteroatoms. The predicted octanol–water partition coefficient (Wildman–Crippen LogP) is 1.96. The molecule has 0 unspecified atom stereocenters. The number of rotatable bonds is 6. The zero-order chi connectivity index (χ0) is 15.1. The van der Waals surface area contributed by atoms with Gasteiger partial charge in [0.25, 0.3) is 0 Å². The van der Waals surface area contributed by atoms with Gasteiger partial charge in [-0.15, -0.1) is 10.2 Å². The van der Waals surface area contributed by atoms with Crippen LogP contribution in [0.25, 0.3) is 0 Å². The van der Waals surface area contributed by atoms with E-state index in [9.17, 15) is 4.79 Å². The summed E-state index contributed by atoms with van der Waals surface area (Å²) in [5.41, 5.74) is 1.99. The SMILES string of the molecule is CCc1nnc(NC(=O)NCCc2ccc(CO)cc2)s1. The Morgan fingerprint density at radius 3 is 2.57 bits per heavy atom. The maximum Gasteiger partial charge on any atom is 0.321 e. The summed E-state index contributed by atoms with van der Waals surface area (Å²) in [5, 5.41) is 23.6. The zero-order valence-corrected chi connectivity index (χ0v) is 12.6. The molecule has 0 aliphatic carbocycles. The van der Waals surface area contributed by atoms with Crippen LogP contribution in [0.15, 0.2) is 24.3 Å². The highest BCUT2D eigenvalue weighted by Gasteiger charge is 2.06. The Morgan fingerprint density at radius 1 is 1.24 bits per heavy atom. The standard InChI is InChI=1S/C14H18N4O2S/c1-2-12-17-18-14(21-12)16-13(20)15-8-7-10-3-5-11(9-19)6-4-10/h3-6,19H,2,7-9H2,1H3,(H2,15,16,18,20). The van der Waals surface area contributed by atoms with Crippen molar-refractivity contribution >= 4 is 22.5 Å². The second kappa shape index (κ2) is 7.70. The number of anilines is 1. The van der Waals surface area contributed by atoms with E-state index < -0.39 is 0 Å². The molecule has 21 heavy (non-hydrogen) atoms. The predicted molar refractivity (Wildman–Crippen MR) is 82.4 cm³/mol. The number of carbonyl (C=O) groups is 1. The molecule has 6 nitrogen and oxygen atoms in total. The van der Waals surface area contributed by atoms with Gasteiger partial charge in [-0.3, -0.25) is 5.32 Å². The number of aliphatic hydroxyl groups excluding tert-OH is 1. The second-order valence-electron chi connectivity index (χ2n) is 4.46. The molecule has 2 amide bonds. The van der Waals surface area contributed by atoms with Crippen molar-refractivity contribution in [2.24, 2.45) is 0 Å². The Bertz CT molecular complexity index is 583. The van der Waals surface area contributed by atoms with E-state index >= 15 is 0 Å². The number of nitrogens with one attached hydrogen (secondary N) is 2. The molecule has 0 spiro atoms. The Hall–Kier alpha value is -1.99. The van der Waals surface area contributed by atoms with Gasteiger partial charge in [-0.05, 0) is 24.0 Å². The molecule has 1 heterocycles. The minimum absolute atomic E-state index is 0.0442. The average molecular weight is 306 g/mol. The number of carbonyl (C=O) groups excluding carboxylic acids is 1. The summed E-state index contributed by atoms with van der Waals surface area (Å²) in [4.78, 5) is 11.7. The van der Waals surface area contributed by atoms with Gasteiger partial charge in [-0.25, -0.2) is 4.79 Å². The van der Waals surface area contributed by atoms with Gasteiger partial charge in [0.1, 0.15) is 5.01 Å². The summed E-state index contributed by atoms with van der Waals surface area (Å²) in [7, 11) is 0. The van der Waals surface area contributed by atoms with E-state index in [2.05, 4.69) is 20.8 Å². The lowest BCUT2D eigenvalue weighted by Gasteiger charge is -2.05. The fourth-order valence-corrected chi connectivity index (χ4v) is 2.39. The molecular weight excluding hydrogens is 288 g/mol. The van der Waals surface area contributed by atoms with Crippen molar-refractivity contribution in [1.29, 1.82) is 0 Å². The Labute approximate surface area is 127 Å². The smallest absolute Gasteiger partial charge is 0.321 e. The Balaban J connectivity index is 1.73. The van der Waals surface area contributed by atoms with Gasteiger partial charge in [-0.1, -0.05) is 42.5 Å². The van der Waals surface area contributed by atoms with Gasteiger partial charge in [0, 0.05) is 6.54 Å². The number of amides is 2. The molecule has 0 fully saturated rings. The fraction of sp³-hybridized carbons (Fsp3) is 0.357. The first kappa shape index (κ1) is 15.4. The highest BCUT2D eigenvalue weighted by atomic mass is 32.1. The van der Waals surface area contributed by atoms with Gasteiger partial charge in [0.15, 0.2) is 0 Å². The minimum Gasteiger partial charge on any atom is -0.392 e. The van der Waals surface area contributed by atoms with Crippen LogP contribution in [0.1, 0.15) is 23.1 Å². The molecule has 1 aromatic heterocycles. The van der Waals surface area contributed by atoms with Crippen LogP contribution in [0.2, 0.25) is 0 Å². The van der Waals surface area contributed by atoms with E-state index in [1.807, 2.05) is 31.2 Å². The Kier molecular flexibility index (Phi) is 5.65. The van der Waals surface area contributed by atoms with Crippen LogP contribution in [-0.2, 0) is 19.4 Å². The van der Waals surface area contributed by atoms with Crippen molar-refractivity contribution in [3.8, 4) is 0 Å². The van der Waals surface area contributed by atoms with Crippen LogP contribution in [0.3, 0.4) is 0 Å². The molecule has 1 aromatic carbocycles. The number of aromatic nitrogens is 2. The van der Waals surface area contributed by atoms with Gasteiger partial charge in [0.05, 0.1) is 6.61 Å². The van der Waals surface area contributed by atoms with Gasteiger partial charge in [-0.2, -0.15) is 0 Å². The maximum atomic E-state index is 11.7. The van der Waals surface area contributed by atoms with Crippen molar-refractivity contribution in [2.45, 2.75) is 26.4 Å². The largest absolute Gasteiger partial charge is 0.392 e. The molecule has 2 aromatic rings. The van der Waals surface area contributed by atoms with Crippen LogP contribution in [0.4, 0.5) is 9.93 Å². The van der Waals surface area contributed by atoms with Crippen LogP contribution in [0, 0.1) is 0 Å². The van der Waals surface area contributed by atoms with Crippen LogP contribution in [-0.4, -0.2) is 27.9 Å². The monoisotopic (exact) mass is 306 g/mol. The molecule has 3 N–H and O–H groups in total. The minimum atomic E-state index is -0.277. The molecule has 0 aliphatic heterocycles. The number of urea groups is 1. The molecule has 0 radical (unpaired) electrons. The third-order valence-electron chi connectivity index (χ3n) is 2.89. The molecule has 0 saturated heterocycles. The number of aryl methyl sites for hydroxylation is 1. The van der Waals surface area contributed by atoms with Gasteiger partial charge < -0.3 is 10.4 Å². The van der Waals surface area contributed by atoms with Crippen LogP contribution < -0.4 is 10.6 Å².